The van der Waals surface area contributed by atoms with Crippen LogP contribution in [-0.4, -0.2) is 56.0 Å². The number of nitrogens with zero attached hydrogens (tertiary/aromatic N) is 7. The van der Waals surface area contributed by atoms with E-state index in [9.17, 15) is 14.4 Å². The number of fused-ring (bicyclic) bond motifs is 1. The van der Waals surface area contributed by atoms with E-state index in [1.54, 1.807) is 12.1 Å². The Labute approximate surface area is 312 Å². The molecular weight excluding hydrogens is 700 g/mol. The van der Waals surface area contributed by atoms with E-state index in [4.69, 9.17) is 28.3 Å². The zero-order chi connectivity index (χ0) is 36.6. The average molecular weight is 741 g/mol. The van der Waals surface area contributed by atoms with Crippen LogP contribution in [0.5, 0.6) is 0 Å². The van der Waals surface area contributed by atoms with Crippen LogP contribution in [0.15, 0.2) is 67.0 Å². The third-order valence-electron chi connectivity index (χ3n) is 9.99. The molecule has 0 radical (unpaired) electrons. The topological polar surface area (TPSA) is 115 Å². The van der Waals surface area contributed by atoms with E-state index >= 15 is 0 Å². The number of nitriles is 1. The Balaban J connectivity index is 1.27. The van der Waals surface area contributed by atoms with Gasteiger partial charge in [-0.25, -0.2) is 9.07 Å². The van der Waals surface area contributed by atoms with E-state index in [1.807, 2.05) is 46.1 Å². The van der Waals surface area contributed by atoms with Gasteiger partial charge in [-0.1, -0.05) is 40.5 Å². The van der Waals surface area contributed by atoms with Crippen LogP contribution in [-0.2, 0) is 4.79 Å². The summed E-state index contributed by atoms with van der Waals surface area (Å²) in [5.74, 6) is -0.432. The molecule has 4 heterocycles. The molecule has 5 aromatic rings. The Morgan fingerprint density at radius 3 is 2.52 bits per heavy atom. The van der Waals surface area contributed by atoms with Gasteiger partial charge in [0.05, 0.1) is 45.1 Å². The van der Waals surface area contributed by atoms with Crippen molar-refractivity contribution in [2.45, 2.75) is 70.5 Å². The molecule has 52 heavy (non-hydrogen) atoms. The molecule has 2 aliphatic rings. The molecule has 3 aromatic carbocycles. The molecule has 0 spiro atoms. The van der Waals surface area contributed by atoms with Gasteiger partial charge >= 0.3 is 0 Å². The maximum Gasteiger partial charge on any atom is 0.226 e. The number of pyridine rings is 1. The van der Waals surface area contributed by atoms with Crippen LogP contribution in [0.1, 0.15) is 81.8 Å². The van der Waals surface area contributed by atoms with Crippen molar-refractivity contribution >= 4 is 62.8 Å². The Morgan fingerprint density at radius 2 is 1.79 bits per heavy atom. The standard InChI is InChI=1S/C39H40Cl2FN9O/c1-39(2,3)49-15-12-28(13-16-49)51-23-34(47-48-51)37(24-7-6-8-29(17-24)50-14-5-4-9-35(50)52)46-27-18-30-36(45-26-10-11-33(42)31(40)19-26)25(21-43)22-44-38(30)32(41)20-27/h6-8,10-11,17-20,22-23,28,37,46H,4-5,9,12-16H2,1-3H3,(H,44,45). The van der Waals surface area contributed by atoms with E-state index in [0.29, 0.717) is 51.6 Å². The molecule has 1 atom stereocenters. The molecule has 2 saturated heterocycles. The van der Waals surface area contributed by atoms with Crippen LogP contribution < -0.4 is 15.5 Å². The number of rotatable bonds is 8. The van der Waals surface area contributed by atoms with Gasteiger partial charge in [0.15, 0.2) is 0 Å². The molecule has 13 heteroatoms. The smallest absolute Gasteiger partial charge is 0.226 e. The van der Waals surface area contributed by atoms with Crippen molar-refractivity contribution in [2.24, 2.45) is 0 Å². The van der Waals surface area contributed by atoms with Gasteiger partial charge in [0.1, 0.15) is 17.6 Å². The molecule has 0 aliphatic carbocycles. The van der Waals surface area contributed by atoms with Crippen LogP contribution in [0.3, 0.4) is 0 Å². The number of anilines is 4. The summed E-state index contributed by atoms with van der Waals surface area (Å²) in [6, 6.07) is 17.8. The van der Waals surface area contributed by atoms with Gasteiger partial charge < -0.3 is 15.5 Å². The van der Waals surface area contributed by atoms with E-state index in [0.717, 1.165) is 50.0 Å². The Bertz CT molecular complexity index is 2170. The highest BCUT2D eigenvalue weighted by atomic mass is 35.5. The SMILES string of the molecule is CC(C)(C)N1CCC(n2cc(C(Nc3cc(Cl)c4ncc(C#N)c(Nc5ccc(F)c(Cl)c5)c4c3)c3cccc(N4CCCCC4=O)c3)nn2)CC1. The summed E-state index contributed by atoms with van der Waals surface area (Å²) in [5.41, 5.74) is 4.90. The second kappa shape index (κ2) is 14.7. The summed E-state index contributed by atoms with van der Waals surface area (Å²) in [4.78, 5) is 21.8. The first-order valence-corrected chi connectivity index (χ1v) is 18.3. The Hall–Kier alpha value is -4.76. The molecule has 2 aliphatic heterocycles. The van der Waals surface area contributed by atoms with E-state index in [1.165, 1.54) is 18.3 Å². The monoisotopic (exact) mass is 739 g/mol. The average Bonchev–Trinajstić information content (AvgIpc) is 3.62. The first-order valence-electron chi connectivity index (χ1n) is 17.6. The number of piperidine rings is 2. The number of amides is 1. The summed E-state index contributed by atoms with van der Waals surface area (Å²) in [6.45, 7) is 9.37. The highest BCUT2D eigenvalue weighted by molar-refractivity contribution is 6.36. The van der Waals surface area contributed by atoms with Crippen molar-refractivity contribution in [1.29, 1.82) is 5.26 Å². The minimum atomic E-state index is -0.547. The van der Waals surface area contributed by atoms with E-state index < -0.39 is 11.9 Å². The highest BCUT2D eigenvalue weighted by Crippen LogP contribution is 2.38. The maximum absolute atomic E-state index is 14.0. The largest absolute Gasteiger partial charge is 0.373 e. The number of hydrogen-bond acceptors (Lipinski definition) is 8. The van der Waals surface area contributed by atoms with Crippen molar-refractivity contribution in [3.63, 3.8) is 0 Å². The van der Waals surface area contributed by atoms with Crippen LogP contribution in [0, 0.1) is 17.1 Å². The van der Waals surface area contributed by atoms with Gasteiger partial charge in [-0.15, -0.1) is 5.10 Å². The number of aromatic nitrogens is 4. The highest BCUT2D eigenvalue weighted by Gasteiger charge is 2.30. The van der Waals surface area contributed by atoms with Gasteiger partial charge in [0.25, 0.3) is 0 Å². The molecule has 2 N–H and O–H groups in total. The molecule has 1 unspecified atom stereocenters. The number of halogens is 3. The first kappa shape index (κ1) is 35.6. The summed E-state index contributed by atoms with van der Waals surface area (Å²) in [6.07, 6.45) is 7.78. The fraction of sp³-hybridized carbons (Fsp3) is 0.359. The molecular formula is C39H40Cl2FN9O. The second-order valence-electron chi connectivity index (χ2n) is 14.5. The minimum absolute atomic E-state index is 0.0496. The molecule has 0 bridgehead atoms. The molecule has 10 nitrogen and oxygen atoms in total. The number of benzene rings is 3. The van der Waals surface area contributed by atoms with Crippen molar-refractivity contribution in [2.75, 3.05) is 35.2 Å². The zero-order valence-corrected chi connectivity index (χ0v) is 30.8. The van der Waals surface area contributed by atoms with Crippen molar-refractivity contribution in [3.8, 4) is 6.07 Å². The number of carbonyl (C=O) groups excluding carboxylic acids is 1. The number of carbonyl (C=O) groups is 1. The van der Waals surface area contributed by atoms with Gasteiger partial charge in [0.2, 0.25) is 5.91 Å². The van der Waals surface area contributed by atoms with Crippen molar-refractivity contribution in [3.05, 3.63) is 99.7 Å². The Kier molecular flexibility index (Phi) is 10.1. The summed E-state index contributed by atoms with van der Waals surface area (Å²) in [5, 5.41) is 27.2. The quantitative estimate of drug-likeness (QED) is 0.162. The van der Waals surface area contributed by atoms with Crippen LogP contribution in [0.25, 0.3) is 10.9 Å². The minimum Gasteiger partial charge on any atom is -0.373 e. The molecule has 0 saturated carbocycles. The summed E-state index contributed by atoms with van der Waals surface area (Å²) < 4.78 is 16.0. The summed E-state index contributed by atoms with van der Waals surface area (Å²) >= 11 is 13.0. The lowest BCUT2D eigenvalue weighted by Gasteiger charge is -2.40. The normalized spacial score (nSPS) is 16.6. The molecule has 268 valence electrons. The third-order valence-corrected chi connectivity index (χ3v) is 10.6. The van der Waals surface area contributed by atoms with E-state index in [-0.39, 0.29) is 28.1 Å². The molecule has 2 fully saturated rings. The van der Waals surface area contributed by atoms with Crippen LogP contribution >= 0.6 is 23.2 Å². The van der Waals surface area contributed by atoms with E-state index in [2.05, 4.69) is 52.6 Å². The Morgan fingerprint density at radius 1 is 1.00 bits per heavy atom. The third kappa shape index (κ3) is 7.42. The lowest BCUT2D eigenvalue weighted by molar-refractivity contribution is -0.119. The number of hydrogen-bond donors (Lipinski definition) is 2. The molecule has 1 amide bonds. The maximum atomic E-state index is 14.0. The first-order chi connectivity index (χ1) is 25.0. The lowest BCUT2D eigenvalue weighted by atomic mass is 9.98. The second-order valence-corrected chi connectivity index (χ2v) is 15.3. The number of nitrogens with one attached hydrogen (secondary N) is 2. The van der Waals surface area contributed by atoms with Gasteiger partial charge in [0, 0.05) is 60.2 Å². The summed E-state index contributed by atoms with van der Waals surface area (Å²) in [7, 11) is 0. The van der Waals surface area contributed by atoms with Crippen LogP contribution in [0.4, 0.5) is 27.1 Å². The van der Waals surface area contributed by atoms with Crippen LogP contribution in [0.2, 0.25) is 10.0 Å². The lowest BCUT2D eigenvalue weighted by Crippen LogP contribution is -2.46. The fourth-order valence-electron chi connectivity index (χ4n) is 7.13. The van der Waals surface area contributed by atoms with Crippen molar-refractivity contribution < 1.29 is 9.18 Å². The zero-order valence-electron chi connectivity index (χ0n) is 29.3. The van der Waals surface area contributed by atoms with Gasteiger partial charge in [-0.05, 0) is 94.5 Å². The van der Waals surface area contributed by atoms with Crippen molar-refractivity contribution in [1.82, 2.24) is 24.9 Å². The predicted molar refractivity (Wildman–Crippen MR) is 204 cm³/mol. The number of likely N-dealkylation sites (tertiary alicyclic amines) is 1. The predicted octanol–water partition coefficient (Wildman–Crippen LogP) is 9.04. The fourth-order valence-corrected chi connectivity index (χ4v) is 7.58. The van der Waals surface area contributed by atoms with Gasteiger partial charge in [-0.3, -0.25) is 14.7 Å². The molecule has 7 rings (SSSR count). The molecule has 2 aromatic heterocycles. The van der Waals surface area contributed by atoms with Gasteiger partial charge in [-0.2, -0.15) is 5.26 Å².